The summed E-state index contributed by atoms with van der Waals surface area (Å²) in [5.74, 6) is -1.43. The number of rotatable bonds is 4. The topological polar surface area (TPSA) is 91.1 Å². The van der Waals surface area contributed by atoms with Crippen LogP contribution in [0.2, 0.25) is 0 Å². The van der Waals surface area contributed by atoms with E-state index in [4.69, 9.17) is 5.73 Å². The molecule has 9 heteroatoms. The van der Waals surface area contributed by atoms with Crippen LogP contribution in [0.3, 0.4) is 0 Å². The molecule has 186 valence electrons. The molecule has 3 N–H and O–H groups in total. The number of hydrogen-bond acceptors (Lipinski definition) is 6. The largest absolute Gasteiger partial charge is 0.382 e. The number of pyridine rings is 1. The Bertz CT molecular complexity index is 1490. The van der Waals surface area contributed by atoms with E-state index in [-0.39, 0.29) is 39.2 Å². The second-order valence-corrected chi connectivity index (χ2v) is 9.41. The molecule has 0 amide bonds. The lowest BCUT2D eigenvalue weighted by atomic mass is 10.0. The molecule has 4 aromatic rings. The van der Waals surface area contributed by atoms with Gasteiger partial charge in [-0.05, 0) is 45.0 Å². The van der Waals surface area contributed by atoms with E-state index in [1.807, 2.05) is 24.3 Å². The smallest absolute Gasteiger partial charge is 0.256 e. The summed E-state index contributed by atoms with van der Waals surface area (Å²) in [5, 5.41) is 0.350. The van der Waals surface area contributed by atoms with Gasteiger partial charge >= 0.3 is 0 Å². The average molecular weight is 491 g/mol. The number of nitrogens with one attached hydrogen (secondary N) is 1. The first-order valence-corrected chi connectivity index (χ1v) is 12.0. The lowest BCUT2D eigenvalue weighted by Crippen LogP contribution is -2.48. The number of piperazine rings is 1. The monoisotopic (exact) mass is 490 g/mol. The van der Waals surface area contributed by atoms with E-state index in [2.05, 4.69) is 38.6 Å². The Morgan fingerprint density at radius 3 is 2.25 bits per heavy atom. The maximum absolute atomic E-state index is 14.9. The summed E-state index contributed by atoms with van der Waals surface area (Å²) in [6.07, 6.45) is 0. The van der Waals surface area contributed by atoms with E-state index in [9.17, 15) is 13.6 Å². The van der Waals surface area contributed by atoms with Gasteiger partial charge in [-0.3, -0.25) is 9.69 Å². The van der Waals surface area contributed by atoms with Crippen LogP contribution in [-0.4, -0.2) is 52.1 Å². The standard InChI is InChI=1S/C27H28F2N6O/c1-15(2)34-10-12-35(13-11-34)19-7-4-17(5-8-19)23-25(29)33-26(30)24(32-23)18-6-9-20-21(14-18)22(28)16(3)31-27(20)36/h4-9,14-15H,10-13H2,1-3H3,(H2,30,33)(H,31,36). The SMILES string of the molecule is Cc1[nH]c(=O)c2ccc(-c3nc(-c4ccc(N5CCN(C(C)C)CC5)cc4)c(F)nc3N)cc2c1F. The number of nitrogen functional groups attached to an aromatic ring is 1. The molecule has 1 aliphatic rings. The molecule has 2 aromatic carbocycles. The zero-order chi connectivity index (χ0) is 25.6. The fourth-order valence-corrected chi connectivity index (χ4v) is 4.72. The van der Waals surface area contributed by atoms with Gasteiger partial charge < -0.3 is 15.6 Å². The van der Waals surface area contributed by atoms with Gasteiger partial charge in [0, 0.05) is 59.8 Å². The molecule has 0 spiro atoms. The van der Waals surface area contributed by atoms with Gasteiger partial charge in [-0.25, -0.2) is 9.37 Å². The van der Waals surface area contributed by atoms with Crippen LogP contribution in [0.1, 0.15) is 19.5 Å². The molecular formula is C27H28F2N6O. The Labute approximate surface area is 207 Å². The van der Waals surface area contributed by atoms with Gasteiger partial charge in [-0.2, -0.15) is 9.37 Å². The van der Waals surface area contributed by atoms with Gasteiger partial charge in [0.05, 0.1) is 5.69 Å². The summed E-state index contributed by atoms with van der Waals surface area (Å²) in [6, 6.07) is 12.7. The summed E-state index contributed by atoms with van der Waals surface area (Å²) >= 11 is 0. The van der Waals surface area contributed by atoms with Crippen molar-refractivity contribution >= 4 is 22.3 Å². The van der Waals surface area contributed by atoms with Crippen LogP contribution >= 0.6 is 0 Å². The third-order valence-electron chi connectivity index (χ3n) is 6.84. The highest BCUT2D eigenvalue weighted by molar-refractivity contribution is 5.88. The molecule has 7 nitrogen and oxygen atoms in total. The molecule has 0 radical (unpaired) electrons. The predicted octanol–water partition coefficient (Wildman–Crippen LogP) is 4.35. The van der Waals surface area contributed by atoms with Crippen LogP contribution in [-0.2, 0) is 0 Å². The summed E-state index contributed by atoms with van der Waals surface area (Å²) in [4.78, 5) is 27.8. The Morgan fingerprint density at radius 1 is 0.917 bits per heavy atom. The number of nitrogens with zero attached hydrogens (tertiary/aromatic N) is 4. The van der Waals surface area contributed by atoms with Crippen molar-refractivity contribution in [3.05, 3.63) is 70.3 Å². The summed E-state index contributed by atoms with van der Waals surface area (Å²) in [7, 11) is 0. The number of anilines is 2. The van der Waals surface area contributed by atoms with Crippen LogP contribution < -0.4 is 16.2 Å². The van der Waals surface area contributed by atoms with Gasteiger partial charge in [-0.15, -0.1) is 0 Å². The van der Waals surface area contributed by atoms with E-state index in [0.29, 0.717) is 17.2 Å². The average Bonchev–Trinajstić information content (AvgIpc) is 2.87. The molecule has 2 aromatic heterocycles. The maximum atomic E-state index is 14.9. The van der Waals surface area contributed by atoms with E-state index in [0.717, 1.165) is 31.9 Å². The van der Waals surface area contributed by atoms with Crippen molar-refractivity contribution in [3.8, 4) is 22.5 Å². The third kappa shape index (κ3) is 4.30. The Morgan fingerprint density at radius 2 is 1.58 bits per heavy atom. The lowest BCUT2D eigenvalue weighted by molar-refractivity contribution is 0.209. The number of aryl methyl sites for hydroxylation is 1. The molecule has 0 bridgehead atoms. The van der Waals surface area contributed by atoms with Crippen LogP contribution in [0.5, 0.6) is 0 Å². The number of halogens is 2. The molecule has 0 atom stereocenters. The van der Waals surface area contributed by atoms with Crippen molar-refractivity contribution in [1.82, 2.24) is 19.9 Å². The fraction of sp³-hybridized carbons (Fsp3) is 0.296. The normalized spacial score (nSPS) is 14.7. The van der Waals surface area contributed by atoms with E-state index in [1.54, 1.807) is 6.07 Å². The Balaban J connectivity index is 1.48. The molecule has 1 fully saturated rings. The molecule has 36 heavy (non-hydrogen) atoms. The minimum absolute atomic E-state index is 0.0537. The van der Waals surface area contributed by atoms with Crippen molar-refractivity contribution in [3.63, 3.8) is 0 Å². The zero-order valence-corrected chi connectivity index (χ0v) is 20.5. The van der Waals surface area contributed by atoms with Gasteiger partial charge in [0.15, 0.2) is 5.82 Å². The van der Waals surface area contributed by atoms with Gasteiger partial charge in [0.25, 0.3) is 5.56 Å². The van der Waals surface area contributed by atoms with Crippen LogP contribution in [0.25, 0.3) is 33.3 Å². The second kappa shape index (κ2) is 9.31. The molecule has 0 saturated carbocycles. The molecule has 1 aliphatic heterocycles. The number of H-pyrrole nitrogens is 1. The van der Waals surface area contributed by atoms with Crippen LogP contribution in [0, 0.1) is 18.7 Å². The highest BCUT2D eigenvalue weighted by Crippen LogP contribution is 2.31. The Hall–Kier alpha value is -3.85. The van der Waals surface area contributed by atoms with E-state index >= 15 is 0 Å². The predicted molar refractivity (Wildman–Crippen MR) is 139 cm³/mol. The van der Waals surface area contributed by atoms with Crippen molar-refractivity contribution in [2.75, 3.05) is 36.8 Å². The number of nitrogens with two attached hydrogens (primary N) is 1. The second-order valence-electron chi connectivity index (χ2n) is 9.41. The van der Waals surface area contributed by atoms with E-state index < -0.39 is 11.8 Å². The highest BCUT2D eigenvalue weighted by atomic mass is 19.1. The first-order chi connectivity index (χ1) is 17.2. The van der Waals surface area contributed by atoms with E-state index in [1.165, 1.54) is 19.1 Å². The quantitative estimate of drug-likeness (QED) is 0.442. The molecule has 1 saturated heterocycles. The number of fused-ring (bicyclic) bond motifs is 1. The molecule has 3 heterocycles. The summed E-state index contributed by atoms with van der Waals surface area (Å²) in [5.41, 5.74) is 8.10. The van der Waals surface area contributed by atoms with Gasteiger partial charge in [0.2, 0.25) is 5.95 Å². The van der Waals surface area contributed by atoms with Crippen molar-refractivity contribution in [2.45, 2.75) is 26.8 Å². The number of aromatic amines is 1. The Kier molecular flexibility index (Phi) is 6.17. The molecule has 0 aliphatic carbocycles. The van der Waals surface area contributed by atoms with Gasteiger partial charge in [-0.1, -0.05) is 18.2 Å². The van der Waals surface area contributed by atoms with Crippen molar-refractivity contribution in [1.29, 1.82) is 0 Å². The highest BCUT2D eigenvalue weighted by Gasteiger charge is 2.20. The van der Waals surface area contributed by atoms with Crippen molar-refractivity contribution < 1.29 is 8.78 Å². The minimum Gasteiger partial charge on any atom is -0.382 e. The lowest BCUT2D eigenvalue weighted by Gasteiger charge is -2.38. The maximum Gasteiger partial charge on any atom is 0.256 e. The molecule has 5 rings (SSSR count). The van der Waals surface area contributed by atoms with Crippen molar-refractivity contribution in [2.24, 2.45) is 0 Å². The zero-order valence-electron chi connectivity index (χ0n) is 20.5. The number of aromatic nitrogens is 3. The third-order valence-corrected chi connectivity index (χ3v) is 6.84. The van der Waals surface area contributed by atoms with Crippen LogP contribution in [0.15, 0.2) is 47.3 Å². The number of benzene rings is 2. The minimum atomic E-state index is -0.784. The first-order valence-electron chi connectivity index (χ1n) is 12.0. The fourth-order valence-electron chi connectivity index (χ4n) is 4.72. The van der Waals surface area contributed by atoms with Crippen LogP contribution in [0.4, 0.5) is 20.3 Å². The molecular weight excluding hydrogens is 462 g/mol. The molecule has 0 unspecified atom stereocenters. The first kappa shape index (κ1) is 23.9. The summed E-state index contributed by atoms with van der Waals surface area (Å²) in [6.45, 7) is 9.75. The van der Waals surface area contributed by atoms with Gasteiger partial charge in [0.1, 0.15) is 17.2 Å². The number of hydrogen-bond donors (Lipinski definition) is 2. The summed E-state index contributed by atoms with van der Waals surface area (Å²) < 4.78 is 29.6.